The molecular formula is C13H13N3O2. The Bertz CT molecular complexity index is 544. The van der Waals surface area contributed by atoms with Crippen LogP contribution in [0.15, 0.2) is 36.5 Å². The van der Waals surface area contributed by atoms with Crippen molar-refractivity contribution in [2.45, 2.75) is 18.9 Å². The average molecular weight is 243 g/mol. The van der Waals surface area contributed by atoms with E-state index in [0.29, 0.717) is 12.3 Å². The van der Waals surface area contributed by atoms with Gasteiger partial charge in [0.05, 0.1) is 11.9 Å². The monoisotopic (exact) mass is 243 g/mol. The minimum atomic E-state index is -0.342. The van der Waals surface area contributed by atoms with Crippen molar-refractivity contribution in [3.05, 3.63) is 42.2 Å². The third kappa shape index (κ3) is 1.93. The lowest BCUT2D eigenvalue weighted by Gasteiger charge is -2.09. The SMILES string of the molecule is O=C(c1cnnn1-c1ccccc1)C1CCCO1. The predicted molar refractivity (Wildman–Crippen MR) is 64.7 cm³/mol. The molecule has 1 unspecified atom stereocenters. The fraction of sp³-hybridized carbons (Fsp3) is 0.308. The van der Waals surface area contributed by atoms with Gasteiger partial charge in [0.25, 0.3) is 0 Å². The number of nitrogens with zero attached hydrogens (tertiary/aromatic N) is 3. The summed E-state index contributed by atoms with van der Waals surface area (Å²) in [6, 6.07) is 9.50. The number of carbonyl (C=O) groups is 1. The molecule has 1 aromatic carbocycles. The van der Waals surface area contributed by atoms with Gasteiger partial charge in [-0.2, -0.15) is 0 Å². The number of ketones is 1. The summed E-state index contributed by atoms with van der Waals surface area (Å²) in [6.07, 6.45) is 2.87. The summed E-state index contributed by atoms with van der Waals surface area (Å²) in [5, 5.41) is 7.80. The molecule has 0 radical (unpaired) electrons. The van der Waals surface area contributed by atoms with E-state index in [-0.39, 0.29) is 11.9 Å². The molecule has 0 amide bonds. The zero-order chi connectivity index (χ0) is 12.4. The first-order chi connectivity index (χ1) is 8.86. The number of rotatable bonds is 3. The molecule has 1 saturated heterocycles. The van der Waals surface area contributed by atoms with Gasteiger partial charge >= 0.3 is 0 Å². The van der Waals surface area contributed by atoms with Crippen LogP contribution in [0, 0.1) is 0 Å². The van der Waals surface area contributed by atoms with E-state index in [1.54, 1.807) is 4.68 Å². The van der Waals surface area contributed by atoms with E-state index in [1.807, 2.05) is 30.3 Å². The molecule has 0 aliphatic carbocycles. The first-order valence-electron chi connectivity index (χ1n) is 5.98. The number of aromatic nitrogens is 3. The molecule has 1 atom stereocenters. The Morgan fingerprint density at radius 1 is 1.33 bits per heavy atom. The van der Waals surface area contributed by atoms with Crippen LogP contribution in [0.25, 0.3) is 5.69 Å². The van der Waals surface area contributed by atoms with E-state index in [9.17, 15) is 4.79 Å². The summed E-state index contributed by atoms with van der Waals surface area (Å²) < 4.78 is 6.97. The highest BCUT2D eigenvalue weighted by Gasteiger charge is 2.27. The molecule has 1 aliphatic rings. The summed E-state index contributed by atoms with van der Waals surface area (Å²) in [4.78, 5) is 12.3. The van der Waals surface area contributed by atoms with Crippen LogP contribution in [0.5, 0.6) is 0 Å². The van der Waals surface area contributed by atoms with Crippen molar-refractivity contribution in [2.24, 2.45) is 0 Å². The molecule has 2 heterocycles. The van der Waals surface area contributed by atoms with Gasteiger partial charge in [0.1, 0.15) is 11.8 Å². The molecule has 0 spiro atoms. The molecule has 18 heavy (non-hydrogen) atoms. The summed E-state index contributed by atoms with van der Waals surface area (Å²) in [7, 11) is 0. The zero-order valence-electron chi connectivity index (χ0n) is 9.82. The quantitative estimate of drug-likeness (QED) is 0.769. The molecule has 0 saturated carbocycles. The van der Waals surface area contributed by atoms with Crippen molar-refractivity contribution in [3.8, 4) is 5.69 Å². The number of ether oxygens (including phenoxy) is 1. The number of carbonyl (C=O) groups excluding carboxylic acids is 1. The van der Waals surface area contributed by atoms with Crippen LogP contribution in [-0.2, 0) is 4.74 Å². The maximum absolute atomic E-state index is 12.3. The number of para-hydroxylation sites is 1. The molecule has 1 aliphatic heterocycles. The Morgan fingerprint density at radius 3 is 2.89 bits per heavy atom. The highest BCUT2D eigenvalue weighted by atomic mass is 16.5. The van der Waals surface area contributed by atoms with Crippen LogP contribution in [0.2, 0.25) is 0 Å². The third-order valence-corrected chi connectivity index (χ3v) is 3.02. The summed E-state index contributed by atoms with van der Waals surface area (Å²) in [6.45, 7) is 0.656. The van der Waals surface area contributed by atoms with Crippen LogP contribution in [0.4, 0.5) is 0 Å². The smallest absolute Gasteiger partial charge is 0.211 e. The van der Waals surface area contributed by atoms with Crippen molar-refractivity contribution in [1.29, 1.82) is 0 Å². The van der Waals surface area contributed by atoms with Gasteiger partial charge < -0.3 is 4.74 Å². The number of Topliss-reactive ketones (excluding diaryl/α,β-unsaturated/α-hetero) is 1. The molecule has 92 valence electrons. The molecule has 5 nitrogen and oxygen atoms in total. The highest BCUT2D eigenvalue weighted by Crippen LogP contribution is 2.18. The fourth-order valence-electron chi connectivity index (χ4n) is 2.11. The van der Waals surface area contributed by atoms with E-state index in [2.05, 4.69) is 10.3 Å². The van der Waals surface area contributed by atoms with Crippen molar-refractivity contribution < 1.29 is 9.53 Å². The van der Waals surface area contributed by atoms with E-state index in [4.69, 9.17) is 4.74 Å². The van der Waals surface area contributed by atoms with Crippen LogP contribution >= 0.6 is 0 Å². The summed E-state index contributed by atoms with van der Waals surface area (Å²) in [5.41, 5.74) is 1.31. The molecule has 3 rings (SSSR count). The first kappa shape index (κ1) is 11.1. The highest BCUT2D eigenvalue weighted by molar-refractivity contribution is 5.98. The van der Waals surface area contributed by atoms with Crippen molar-refractivity contribution in [3.63, 3.8) is 0 Å². The lowest BCUT2D eigenvalue weighted by molar-refractivity contribution is 0.0635. The van der Waals surface area contributed by atoms with Crippen LogP contribution in [0.3, 0.4) is 0 Å². The molecule has 0 N–H and O–H groups in total. The topological polar surface area (TPSA) is 57.0 Å². The number of hydrogen-bond donors (Lipinski definition) is 0. The second-order valence-electron chi connectivity index (χ2n) is 4.23. The number of benzene rings is 1. The molecule has 1 aromatic heterocycles. The van der Waals surface area contributed by atoms with Gasteiger partial charge in [0.15, 0.2) is 0 Å². The van der Waals surface area contributed by atoms with Crippen molar-refractivity contribution in [2.75, 3.05) is 6.61 Å². The largest absolute Gasteiger partial charge is 0.370 e. The number of hydrogen-bond acceptors (Lipinski definition) is 4. The molecule has 5 heteroatoms. The normalized spacial score (nSPS) is 19.0. The lowest BCUT2D eigenvalue weighted by Crippen LogP contribution is -2.22. The molecule has 2 aromatic rings. The predicted octanol–water partition coefficient (Wildman–Crippen LogP) is 1.63. The maximum Gasteiger partial charge on any atom is 0.211 e. The zero-order valence-corrected chi connectivity index (χ0v) is 9.82. The maximum atomic E-state index is 12.3. The van der Waals surface area contributed by atoms with Crippen molar-refractivity contribution in [1.82, 2.24) is 15.0 Å². The summed E-state index contributed by atoms with van der Waals surface area (Å²) in [5.74, 6) is -0.0404. The lowest BCUT2D eigenvalue weighted by atomic mass is 10.1. The third-order valence-electron chi connectivity index (χ3n) is 3.02. The molecular weight excluding hydrogens is 230 g/mol. The minimum absolute atomic E-state index is 0.0404. The Hall–Kier alpha value is -2.01. The van der Waals surface area contributed by atoms with Gasteiger partial charge in [-0.15, -0.1) is 5.10 Å². The first-order valence-corrected chi connectivity index (χ1v) is 5.98. The van der Waals surface area contributed by atoms with Gasteiger partial charge in [-0.05, 0) is 25.0 Å². The van der Waals surface area contributed by atoms with E-state index in [1.165, 1.54) is 6.20 Å². The second kappa shape index (κ2) is 4.70. The second-order valence-corrected chi connectivity index (χ2v) is 4.23. The summed E-state index contributed by atoms with van der Waals surface area (Å²) >= 11 is 0. The van der Waals surface area contributed by atoms with Crippen LogP contribution in [-0.4, -0.2) is 33.5 Å². The van der Waals surface area contributed by atoms with E-state index >= 15 is 0 Å². The Balaban J connectivity index is 1.94. The average Bonchev–Trinajstić information content (AvgIpc) is 3.10. The Labute approximate surface area is 104 Å². The van der Waals surface area contributed by atoms with E-state index in [0.717, 1.165) is 18.5 Å². The van der Waals surface area contributed by atoms with Gasteiger partial charge in [0.2, 0.25) is 5.78 Å². The fourth-order valence-corrected chi connectivity index (χ4v) is 2.11. The van der Waals surface area contributed by atoms with Gasteiger partial charge in [-0.25, -0.2) is 4.68 Å². The Morgan fingerprint density at radius 2 is 2.17 bits per heavy atom. The van der Waals surface area contributed by atoms with Gasteiger partial charge in [0, 0.05) is 6.61 Å². The molecule has 0 bridgehead atoms. The van der Waals surface area contributed by atoms with E-state index < -0.39 is 0 Å². The van der Waals surface area contributed by atoms with Gasteiger partial charge in [-0.3, -0.25) is 4.79 Å². The van der Waals surface area contributed by atoms with Crippen molar-refractivity contribution >= 4 is 5.78 Å². The van der Waals surface area contributed by atoms with Gasteiger partial charge in [-0.1, -0.05) is 23.4 Å². The standard InChI is InChI=1S/C13H13N3O2/c17-13(12-7-4-8-18-12)11-9-14-15-16(11)10-5-2-1-3-6-10/h1-3,5-6,9,12H,4,7-8H2. The Kier molecular flexibility index (Phi) is 2.90. The van der Waals surface area contributed by atoms with Crippen LogP contribution in [0.1, 0.15) is 23.3 Å². The molecule has 1 fully saturated rings. The minimum Gasteiger partial charge on any atom is -0.370 e. The van der Waals surface area contributed by atoms with Crippen LogP contribution < -0.4 is 0 Å².